The summed E-state index contributed by atoms with van der Waals surface area (Å²) >= 11 is 4.97. The summed E-state index contributed by atoms with van der Waals surface area (Å²) in [4.78, 5) is 4.35. The number of pyridine rings is 1. The van der Waals surface area contributed by atoms with Crippen LogP contribution in [0.1, 0.15) is 39.7 Å². The summed E-state index contributed by atoms with van der Waals surface area (Å²) in [6, 6.07) is 9.72. The van der Waals surface area contributed by atoms with Gasteiger partial charge < -0.3 is 4.55 Å². The molecule has 1 heterocycles. The van der Waals surface area contributed by atoms with E-state index in [1.807, 2.05) is 33.8 Å². The molecule has 0 fully saturated rings. The number of aromatic nitrogens is 1. The Morgan fingerprint density at radius 3 is 2.38 bits per heavy atom. The van der Waals surface area contributed by atoms with Gasteiger partial charge in [0.25, 0.3) is 0 Å². The first-order chi connectivity index (χ1) is 12.0. The number of hydrogen-bond acceptors (Lipinski definition) is 3. The van der Waals surface area contributed by atoms with E-state index in [4.69, 9.17) is 11.6 Å². The van der Waals surface area contributed by atoms with Crippen molar-refractivity contribution in [2.24, 2.45) is 0 Å². The van der Waals surface area contributed by atoms with E-state index < -0.39 is 21.6 Å². The second-order valence-electron chi connectivity index (χ2n) is 7.38. The maximum absolute atomic E-state index is 13.2. The zero-order valence-corrected chi connectivity index (χ0v) is 17.0. The molecule has 1 aromatic carbocycles. The van der Waals surface area contributed by atoms with E-state index in [2.05, 4.69) is 16.3 Å². The molecule has 3 nitrogen and oxygen atoms in total. The van der Waals surface area contributed by atoms with Crippen molar-refractivity contribution in [1.29, 1.82) is 0 Å². The van der Waals surface area contributed by atoms with Crippen LogP contribution >= 0.6 is 11.6 Å². The first-order valence-corrected chi connectivity index (χ1v) is 9.82. The predicted octanol–water partition coefficient (Wildman–Crippen LogP) is 5.38. The largest absolute Gasteiger partial charge is 0.598 e. The van der Waals surface area contributed by atoms with Crippen molar-refractivity contribution in [1.82, 2.24) is 9.71 Å². The minimum atomic E-state index is -1.28. The smallest absolute Gasteiger partial charge is 0.136 e. The number of nitrogens with one attached hydrogen (secondary N) is 1. The molecule has 2 unspecified atom stereocenters. The van der Waals surface area contributed by atoms with Crippen LogP contribution in [-0.2, 0) is 16.9 Å². The van der Waals surface area contributed by atoms with Gasteiger partial charge in [-0.25, -0.2) is 9.37 Å². The maximum Gasteiger partial charge on any atom is 0.136 e. The molecule has 0 spiro atoms. The Labute approximate surface area is 163 Å². The number of nitrogens with zero attached hydrogens (tertiary/aromatic N) is 1. The Bertz CT molecular complexity index is 776. The van der Waals surface area contributed by atoms with Crippen LogP contribution in [0.3, 0.4) is 0 Å². The monoisotopic (exact) mass is 394 g/mol. The van der Waals surface area contributed by atoms with E-state index in [9.17, 15) is 8.94 Å². The molecule has 26 heavy (non-hydrogen) atoms. The lowest BCUT2D eigenvalue weighted by atomic mass is 9.89. The molecule has 2 atom stereocenters. The van der Waals surface area contributed by atoms with Crippen molar-refractivity contribution in [2.75, 3.05) is 0 Å². The molecule has 140 valence electrons. The molecule has 0 aliphatic rings. The molecule has 0 radical (unpaired) electrons. The molecule has 0 saturated heterocycles. The van der Waals surface area contributed by atoms with Gasteiger partial charge in [-0.15, -0.1) is 11.3 Å². The van der Waals surface area contributed by atoms with Crippen molar-refractivity contribution in [3.63, 3.8) is 0 Å². The van der Waals surface area contributed by atoms with Gasteiger partial charge >= 0.3 is 0 Å². The van der Waals surface area contributed by atoms with Gasteiger partial charge in [0.2, 0.25) is 0 Å². The average molecular weight is 395 g/mol. The molecule has 0 bridgehead atoms. The molecule has 2 aromatic rings. The highest BCUT2D eigenvalue weighted by molar-refractivity contribution is 7.90. The summed E-state index contributed by atoms with van der Waals surface area (Å²) in [6.45, 7) is 11.5. The molecule has 0 amide bonds. The third-order valence-corrected chi connectivity index (χ3v) is 5.94. The standard InChI is InChI=1S/C20H24ClFN2OS/c1-6-11-20(5,24-26(25)19(2,3)4)15-12-17(23-18(21)13-15)14-7-9-16(22)10-8-14/h6-10,12-13,24H,1,11H2,2-5H3. The zero-order valence-electron chi connectivity index (χ0n) is 15.5. The van der Waals surface area contributed by atoms with Crippen molar-refractivity contribution in [3.05, 3.63) is 65.6 Å². The Morgan fingerprint density at radius 2 is 1.85 bits per heavy atom. The second-order valence-corrected chi connectivity index (χ2v) is 9.73. The van der Waals surface area contributed by atoms with Crippen LogP contribution < -0.4 is 4.72 Å². The SMILES string of the molecule is C=CCC(C)(N[S+]([O-])C(C)(C)C)c1cc(Cl)nc(-c2ccc(F)cc2)c1. The quantitative estimate of drug-likeness (QED) is 0.406. The summed E-state index contributed by atoms with van der Waals surface area (Å²) in [5, 5.41) is 0.320. The van der Waals surface area contributed by atoms with E-state index in [0.717, 1.165) is 11.1 Å². The maximum atomic E-state index is 13.2. The van der Waals surface area contributed by atoms with Gasteiger partial charge in [-0.05, 0) is 76.1 Å². The summed E-state index contributed by atoms with van der Waals surface area (Å²) in [6.07, 6.45) is 2.33. The highest BCUT2D eigenvalue weighted by Gasteiger charge is 2.36. The third kappa shape index (κ3) is 5.07. The number of rotatable bonds is 6. The lowest BCUT2D eigenvalue weighted by Crippen LogP contribution is -2.49. The Kier molecular flexibility index (Phi) is 6.51. The molecule has 6 heteroatoms. The number of hydrogen-bond donors (Lipinski definition) is 1. The normalized spacial score (nSPS) is 15.3. The van der Waals surface area contributed by atoms with Gasteiger partial charge in [0.1, 0.15) is 15.7 Å². The van der Waals surface area contributed by atoms with Crippen molar-refractivity contribution >= 4 is 23.0 Å². The summed E-state index contributed by atoms with van der Waals surface area (Å²) < 4.78 is 28.7. The summed E-state index contributed by atoms with van der Waals surface area (Å²) in [5.74, 6) is -0.310. The van der Waals surface area contributed by atoms with Gasteiger partial charge in [0.05, 0.1) is 11.2 Å². The van der Waals surface area contributed by atoms with Crippen LogP contribution in [-0.4, -0.2) is 14.3 Å². The first kappa shape index (κ1) is 20.9. The topological polar surface area (TPSA) is 48.0 Å². The number of halogens is 2. The molecule has 0 aliphatic carbocycles. The van der Waals surface area contributed by atoms with E-state index in [0.29, 0.717) is 17.3 Å². The second kappa shape index (κ2) is 8.09. The van der Waals surface area contributed by atoms with Crippen molar-refractivity contribution in [2.45, 2.75) is 44.4 Å². The minimum Gasteiger partial charge on any atom is -0.598 e. The fourth-order valence-corrected chi connectivity index (χ4v) is 3.57. The van der Waals surface area contributed by atoms with Crippen molar-refractivity contribution < 1.29 is 8.94 Å². The highest BCUT2D eigenvalue weighted by atomic mass is 35.5. The van der Waals surface area contributed by atoms with Gasteiger partial charge in [-0.2, -0.15) is 0 Å². The number of benzene rings is 1. The molecule has 1 aromatic heterocycles. The van der Waals surface area contributed by atoms with Crippen LogP contribution in [0.4, 0.5) is 4.39 Å². The lowest BCUT2D eigenvalue weighted by molar-refractivity contribution is 0.425. The summed E-state index contributed by atoms with van der Waals surface area (Å²) in [7, 11) is 0. The molecule has 0 aliphatic heterocycles. The molecule has 0 saturated carbocycles. The average Bonchev–Trinajstić information content (AvgIpc) is 2.54. The van der Waals surface area contributed by atoms with Gasteiger partial charge in [-0.1, -0.05) is 17.7 Å². The minimum absolute atomic E-state index is 0.310. The van der Waals surface area contributed by atoms with Crippen LogP contribution in [0, 0.1) is 5.82 Å². The van der Waals surface area contributed by atoms with E-state index in [-0.39, 0.29) is 5.82 Å². The van der Waals surface area contributed by atoms with Crippen molar-refractivity contribution in [3.8, 4) is 11.3 Å². The van der Waals surface area contributed by atoms with Crippen LogP contribution in [0.15, 0.2) is 49.1 Å². The van der Waals surface area contributed by atoms with Gasteiger partial charge in [-0.3, -0.25) is 0 Å². The van der Waals surface area contributed by atoms with Gasteiger partial charge in [0, 0.05) is 16.9 Å². The predicted molar refractivity (Wildman–Crippen MR) is 108 cm³/mol. The van der Waals surface area contributed by atoms with E-state index >= 15 is 0 Å². The van der Waals surface area contributed by atoms with Crippen LogP contribution in [0.5, 0.6) is 0 Å². The Hall–Kier alpha value is -1.40. The molecule has 2 rings (SSSR count). The Balaban J connectivity index is 2.48. The fourth-order valence-electron chi connectivity index (χ4n) is 2.45. The molecular weight excluding hydrogens is 371 g/mol. The first-order valence-electron chi connectivity index (χ1n) is 8.30. The third-order valence-electron chi connectivity index (χ3n) is 4.00. The summed E-state index contributed by atoms with van der Waals surface area (Å²) in [5.41, 5.74) is 1.59. The fraction of sp³-hybridized carbons (Fsp3) is 0.350. The highest BCUT2D eigenvalue weighted by Crippen LogP contribution is 2.32. The van der Waals surface area contributed by atoms with E-state index in [1.165, 1.54) is 12.1 Å². The zero-order chi connectivity index (χ0) is 19.5. The van der Waals surface area contributed by atoms with Crippen LogP contribution in [0.2, 0.25) is 5.15 Å². The molecular formula is C20H24ClFN2OS. The van der Waals surface area contributed by atoms with Gasteiger partial charge in [0.15, 0.2) is 0 Å². The Morgan fingerprint density at radius 1 is 1.23 bits per heavy atom. The lowest BCUT2D eigenvalue weighted by Gasteiger charge is -2.35. The molecule has 1 N–H and O–H groups in total. The van der Waals surface area contributed by atoms with E-state index in [1.54, 1.807) is 24.3 Å². The van der Waals surface area contributed by atoms with Crippen LogP contribution in [0.25, 0.3) is 11.3 Å².